The predicted octanol–water partition coefficient (Wildman–Crippen LogP) is 5.99. The van der Waals surface area contributed by atoms with Gasteiger partial charge in [-0.1, -0.05) is 23.7 Å². The van der Waals surface area contributed by atoms with Crippen molar-refractivity contribution in [1.29, 1.82) is 0 Å². The predicted molar refractivity (Wildman–Crippen MR) is 135 cm³/mol. The Morgan fingerprint density at radius 3 is 2.16 bits per heavy atom. The maximum Gasteiger partial charge on any atom is 0.264 e. The van der Waals surface area contributed by atoms with E-state index < -0.39 is 10.0 Å². The Bertz CT molecular complexity index is 1310. The molecular weight excluding hydrogens is 534 g/mol. The number of thiazole rings is 1. The average molecular weight is 553 g/mol. The van der Waals surface area contributed by atoms with Gasteiger partial charge in [0.2, 0.25) is 5.95 Å². The molecule has 0 fully saturated rings. The summed E-state index contributed by atoms with van der Waals surface area (Å²) in [6, 6.07) is 15.6. The summed E-state index contributed by atoms with van der Waals surface area (Å²) in [5.74, 6) is 0.0530. The zero-order valence-corrected chi connectivity index (χ0v) is 21.1. The highest BCUT2D eigenvalue weighted by Gasteiger charge is 2.16. The summed E-state index contributed by atoms with van der Waals surface area (Å²) < 4.78 is 27.7. The minimum Gasteiger partial charge on any atom is -0.332 e. The van der Waals surface area contributed by atoms with Crippen LogP contribution >= 0.6 is 39.9 Å². The van der Waals surface area contributed by atoms with Crippen molar-refractivity contribution in [2.45, 2.75) is 18.7 Å². The number of aromatic nitrogens is 3. The van der Waals surface area contributed by atoms with Crippen LogP contribution in [0, 0.1) is 13.8 Å². The zero-order chi connectivity index (χ0) is 22.0. The lowest BCUT2D eigenvalue weighted by atomic mass is 10.2. The molecule has 2 N–H and O–H groups in total. The number of rotatable bonds is 6. The number of anilines is 3. The quantitative estimate of drug-likeness (QED) is 0.305. The largest absolute Gasteiger partial charge is 0.332 e. The van der Waals surface area contributed by atoms with Crippen molar-refractivity contribution in [3.63, 3.8) is 0 Å². The van der Waals surface area contributed by atoms with Crippen LogP contribution in [0.5, 0.6) is 0 Å². The van der Waals surface area contributed by atoms with Gasteiger partial charge in [0.05, 0.1) is 10.6 Å². The smallest absolute Gasteiger partial charge is 0.264 e. The number of halogens is 2. The van der Waals surface area contributed by atoms with Gasteiger partial charge in [-0.3, -0.25) is 0 Å². The monoisotopic (exact) mass is 551 g/mol. The molecule has 166 valence electrons. The molecule has 2 heterocycles. The van der Waals surface area contributed by atoms with Gasteiger partial charge in [0.1, 0.15) is 0 Å². The lowest BCUT2D eigenvalue weighted by Gasteiger charge is -2.09. The Hall–Kier alpha value is -2.53. The van der Waals surface area contributed by atoms with Crippen LogP contribution in [0.25, 0.3) is 11.3 Å². The third kappa shape index (κ3) is 5.83. The number of aryl methyl sites for hydroxylation is 2. The Balaban J connectivity index is 0.00000289. The Labute approximate surface area is 205 Å². The SMILES string of the molecule is Br.Cc1cc(C)nc(NS(=O)(=O)c2ccc(Nc3nc(-c4ccc(Cl)cc4)cs3)cc2)n1. The Morgan fingerprint density at radius 1 is 0.906 bits per heavy atom. The topological polar surface area (TPSA) is 96.9 Å². The van der Waals surface area contributed by atoms with Crippen molar-refractivity contribution in [2.75, 3.05) is 10.0 Å². The fourth-order valence-electron chi connectivity index (χ4n) is 2.88. The normalized spacial score (nSPS) is 11.0. The van der Waals surface area contributed by atoms with Crippen LogP contribution in [0.1, 0.15) is 11.4 Å². The molecule has 0 atom stereocenters. The van der Waals surface area contributed by atoms with Crippen LogP contribution in [0.2, 0.25) is 5.02 Å². The fourth-order valence-corrected chi connectivity index (χ4v) is 4.69. The maximum absolute atomic E-state index is 12.6. The van der Waals surface area contributed by atoms with Crippen molar-refractivity contribution in [2.24, 2.45) is 0 Å². The van der Waals surface area contributed by atoms with Crippen molar-refractivity contribution in [1.82, 2.24) is 15.0 Å². The van der Waals surface area contributed by atoms with Crippen molar-refractivity contribution < 1.29 is 8.42 Å². The van der Waals surface area contributed by atoms with Crippen LogP contribution in [-0.2, 0) is 10.0 Å². The molecule has 0 aliphatic heterocycles. The average Bonchev–Trinajstić information content (AvgIpc) is 3.16. The Kier molecular flexibility index (Phi) is 7.50. The van der Waals surface area contributed by atoms with E-state index in [2.05, 4.69) is 25.0 Å². The number of benzene rings is 2. The number of hydrogen-bond acceptors (Lipinski definition) is 7. The molecule has 0 saturated heterocycles. The molecule has 0 amide bonds. The molecule has 2 aromatic carbocycles. The van der Waals surface area contributed by atoms with Crippen LogP contribution < -0.4 is 10.0 Å². The first-order valence-electron chi connectivity index (χ1n) is 9.22. The second-order valence-electron chi connectivity index (χ2n) is 6.77. The van der Waals surface area contributed by atoms with Gasteiger partial charge in [-0.2, -0.15) is 0 Å². The minimum atomic E-state index is -3.80. The first-order valence-corrected chi connectivity index (χ1v) is 12.0. The second-order valence-corrected chi connectivity index (χ2v) is 9.75. The van der Waals surface area contributed by atoms with Crippen LogP contribution in [-0.4, -0.2) is 23.4 Å². The first kappa shape index (κ1) is 24.1. The van der Waals surface area contributed by atoms with Gasteiger partial charge in [0.15, 0.2) is 5.13 Å². The van der Waals surface area contributed by atoms with E-state index in [1.54, 1.807) is 32.0 Å². The molecule has 0 unspecified atom stereocenters. The Morgan fingerprint density at radius 2 is 1.53 bits per heavy atom. The maximum atomic E-state index is 12.6. The molecule has 2 aromatic heterocycles. The van der Waals surface area contributed by atoms with Gasteiger partial charge in [-0.25, -0.2) is 28.1 Å². The van der Waals surface area contributed by atoms with E-state index in [-0.39, 0.29) is 27.8 Å². The summed E-state index contributed by atoms with van der Waals surface area (Å²) >= 11 is 7.39. The van der Waals surface area contributed by atoms with Gasteiger partial charge in [0.25, 0.3) is 10.0 Å². The van der Waals surface area contributed by atoms with Crippen molar-refractivity contribution in [3.8, 4) is 11.3 Å². The highest BCUT2D eigenvalue weighted by Crippen LogP contribution is 2.28. The van der Waals surface area contributed by atoms with E-state index in [0.29, 0.717) is 21.5 Å². The summed E-state index contributed by atoms with van der Waals surface area (Å²) in [5.41, 5.74) is 3.90. The molecule has 0 radical (unpaired) electrons. The summed E-state index contributed by atoms with van der Waals surface area (Å²) in [4.78, 5) is 12.9. The number of nitrogens with zero attached hydrogens (tertiary/aromatic N) is 3. The van der Waals surface area contributed by atoms with Crippen molar-refractivity contribution in [3.05, 3.63) is 76.4 Å². The summed E-state index contributed by atoms with van der Waals surface area (Å²) in [5, 5.41) is 6.50. The molecule has 4 rings (SSSR count). The fraction of sp³-hybridized carbons (Fsp3) is 0.0952. The number of hydrogen-bond donors (Lipinski definition) is 2. The molecule has 0 spiro atoms. The second kappa shape index (κ2) is 9.95. The first-order chi connectivity index (χ1) is 14.8. The standard InChI is InChI=1S/C21H18ClN5O2S2.BrH/c1-13-11-14(2)24-20(23-13)27-31(28,29)18-9-7-17(8-10-18)25-21-26-19(12-30-21)15-3-5-16(22)6-4-15;/h3-12H,1-2H3,(H,25,26)(H,23,24,27);1H. The summed E-state index contributed by atoms with van der Waals surface area (Å²) in [7, 11) is -3.80. The summed E-state index contributed by atoms with van der Waals surface area (Å²) in [6.45, 7) is 3.56. The van der Waals surface area contributed by atoms with E-state index in [1.165, 1.54) is 23.5 Å². The zero-order valence-electron chi connectivity index (χ0n) is 17.0. The molecule has 0 aliphatic carbocycles. The van der Waals surface area contributed by atoms with Crippen molar-refractivity contribution >= 4 is 66.7 Å². The lowest BCUT2D eigenvalue weighted by Crippen LogP contribution is -2.15. The summed E-state index contributed by atoms with van der Waals surface area (Å²) in [6.07, 6.45) is 0. The van der Waals surface area contributed by atoms with E-state index >= 15 is 0 Å². The molecule has 32 heavy (non-hydrogen) atoms. The minimum absolute atomic E-state index is 0. The van der Waals surface area contributed by atoms with Gasteiger partial charge < -0.3 is 5.32 Å². The van der Waals surface area contributed by atoms with Gasteiger partial charge in [-0.15, -0.1) is 28.3 Å². The highest BCUT2D eigenvalue weighted by molar-refractivity contribution is 8.93. The van der Waals surface area contributed by atoms with Gasteiger partial charge in [-0.05, 0) is 56.3 Å². The number of nitrogens with one attached hydrogen (secondary N) is 2. The molecule has 7 nitrogen and oxygen atoms in total. The van der Waals surface area contributed by atoms with Crippen LogP contribution in [0.3, 0.4) is 0 Å². The molecule has 0 aliphatic rings. The molecular formula is C21H19BrClN5O2S2. The van der Waals surface area contributed by atoms with E-state index in [9.17, 15) is 8.42 Å². The van der Waals surface area contributed by atoms with E-state index in [0.717, 1.165) is 16.9 Å². The van der Waals surface area contributed by atoms with Crippen LogP contribution in [0.4, 0.5) is 16.8 Å². The molecule has 0 saturated carbocycles. The highest BCUT2D eigenvalue weighted by atomic mass is 79.9. The lowest BCUT2D eigenvalue weighted by molar-refractivity contribution is 0.601. The van der Waals surface area contributed by atoms with E-state index in [1.807, 2.05) is 29.6 Å². The third-order valence-corrected chi connectivity index (χ3v) is 6.62. The third-order valence-electron chi connectivity index (χ3n) is 4.27. The molecule has 4 aromatic rings. The van der Waals surface area contributed by atoms with Gasteiger partial charge in [0, 0.05) is 33.0 Å². The number of sulfonamides is 1. The van der Waals surface area contributed by atoms with E-state index in [4.69, 9.17) is 11.6 Å². The molecule has 0 bridgehead atoms. The van der Waals surface area contributed by atoms with Crippen LogP contribution in [0.15, 0.2) is 64.9 Å². The molecule has 11 heteroatoms. The van der Waals surface area contributed by atoms with Gasteiger partial charge >= 0.3 is 0 Å².